The van der Waals surface area contributed by atoms with E-state index in [9.17, 15) is 9.59 Å². The summed E-state index contributed by atoms with van der Waals surface area (Å²) in [6.07, 6.45) is 1.66. The second-order valence-corrected chi connectivity index (χ2v) is 11.5. The number of nitrogens with zero attached hydrogens (tertiary/aromatic N) is 4. The second-order valence-electron chi connectivity index (χ2n) is 9.31. The number of aryl methyl sites for hydroxylation is 1. The molecule has 1 aliphatic rings. The number of H-pyrrole nitrogens is 1. The minimum Gasteiger partial charge on any atom is -0.454 e. The van der Waals surface area contributed by atoms with E-state index in [0.29, 0.717) is 41.8 Å². The fraction of sp³-hybridized carbons (Fsp3) is 0.478. The number of benzene rings is 1. The predicted octanol–water partition coefficient (Wildman–Crippen LogP) is 4.64. The van der Waals surface area contributed by atoms with Crippen molar-refractivity contribution in [1.29, 1.82) is 0 Å². The highest BCUT2D eigenvalue weighted by Gasteiger charge is 2.25. The van der Waals surface area contributed by atoms with Gasteiger partial charge in [0.1, 0.15) is 5.60 Å². The van der Waals surface area contributed by atoms with Gasteiger partial charge in [0.15, 0.2) is 27.8 Å². The first-order chi connectivity index (χ1) is 16.5. The zero-order valence-corrected chi connectivity index (χ0v) is 23.2. The Morgan fingerprint density at radius 1 is 1.31 bits per heavy atom. The molecule has 0 atom stereocenters. The summed E-state index contributed by atoms with van der Waals surface area (Å²) in [6.45, 7) is 10.7. The number of nitrogens with one attached hydrogen (secondary N) is 1. The van der Waals surface area contributed by atoms with Gasteiger partial charge in [-0.25, -0.2) is 14.8 Å². The Morgan fingerprint density at radius 2 is 2.03 bits per heavy atom. The third-order valence-corrected chi connectivity index (χ3v) is 7.47. The first-order valence-corrected chi connectivity index (χ1v) is 13.1. The summed E-state index contributed by atoms with van der Waals surface area (Å²) in [6, 6.07) is 3.82. The third kappa shape index (κ3) is 5.85. The minimum absolute atomic E-state index is 0.0191. The van der Waals surface area contributed by atoms with Crippen molar-refractivity contribution in [2.75, 3.05) is 13.3 Å². The monoisotopic (exact) mass is 613 g/mol. The van der Waals surface area contributed by atoms with Crippen molar-refractivity contribution in [3.63, 3.8) is 0 Å². The summed E-state index contributed by atoms with van der Waals surface area (Å²) in [5, 5.41) is 0.634. The number of aromatic nitrogens is 4. The molecule has 0 aliphatic carbocycles. The van der Waals surface area contributed by atoms with E-state index in [-0.39, 0.29) is 30.0 Å². The molecule has 0 spiro atoms. The largest absolute Gasteiger partial charge is 0.454 e. The normalized spacial score (nSPS) is 13.0. The molecule has 4 rings (SSSR count). The Morgan fingerprint density at radius 3 is 2.71 bits per heavy atom. The maximum absolute atomic E-state index is 12.7. The Bertz CT molecular complexity index is 1300. The number of rotatable bonds is 7. The van der Waals surface area contributed by atoms with Crippen molar-refractivity contribution < 1.29 is 19.0 Å². The zero-order valence-electron chi connectivity index (χ0n) is 20.3. The smallest absolute Gasteiger partial charge is 0.410 e. The number of halogens is 1. The lowest BCUT2D eigenvalue weighted by Crippen LogP contribution is -2.41. The molecule has 1 N–H and O–H groups in total. The van der Waals surface area contributed by atoms with Gasteiger partial charge >= 0.3 is 6.09 Å². The molecule has 188 valence electrons. The number of carbonyl (C=O) groups excluding carboxylic acids is 1. The lowest BCUT2D eigenvalue weighted by molar-refractivity contribution is 0.0186. The van der Waals surface area contributed by atoms with Gasteiger partial charge in [0, 0.05) is 27.6 Å². The number of aromatic amines is 1. The molecule has 0 radical (unpaired) electrons. The fourth-order valence-corrected chi connectivity index (χ4v) is 5.28. The van der Waals surface area contributed by atoms with Crippen LogP contribution in [0.25, 0.3) is 11.2 Å². The van der Waals surface area contributed by atoms with Gasteiger partial charge in [-0.05, 0) is 75.8 Å². The van der Waals surface area contributed by atoms with Crippen LogP contribution in [0.4, 0.5) is 4.79 Å². The molecule has 1 amide bonds. The van der Waals surface area contributed by atoms with E-state index < -0.39 is 5.60 Å². The average Bonchev–Trinajstić information content (AvgIpc) is 3.34. The van der Waals surface area contributed by atoms with Gasteiger partial charge in [0.2, 0.25) is 6.79 Å². The van der Waals surface area contributed by atoms with Gasteiger partial charge in [-0.15, -0.1) is 0 Å². The van der Waals surface area contributed by atoms with Crippen LogP contribution < -0.4 is 15.0 Å². The molecule has 0 bridgehead atoms. The molecule has 0 unspecified atom stereocenters. The van der Waals surface area contributed by atoms with E-state index in [4.69, 9.17) is 14.2 Å². The molecule has 2 aromatic heterocycles. The van der Waals surface area contributed by atoms with Crippen molar-refractivity contribution in [1.82, 2.24) is 24.4 Å². The van der Waals surface area contributed by atoms with Crippen molar-refractivity contribution in [3.05, 3.63) is 32.4 Å². The highest BCUT2D eigenvalue weighted by molar-refractivity contribution is 14.1. The molecule has 0 fully saturated rings. The summed E-state index contributed by atoms with van der Waals surface area (Å²) in [4.78, 5) is 39.3. The summed E-state index contributed by atoms with van der Waals surface area (Å²) in [5.41, 5.74) is -0.0890. The number of amides is 1. The highest BCUT2D eigenvalue weighted by Crippen LogP contribution is 2.41. The summed E-state index contributed by atoms with van der Waals surface area (Å²) in [5.74, 6) is 1.39. The quantitative estimate of drug-likeness (QED) is 0.384. The van der Waals surface area contributed by atoms with Crippen LogP contribution in [0.1, 0.15) is 41.0 Å². The number of hydrogen-bond acceptors (Lipinski definition) is 8. The third-order valence-electron chi connectivity index (χ3n) is 5.16. The molecule has 3 heterocycles. The predicted molar refractivity (Wildman–Crippen MR) is 140 cm³/mol. The van der Waals surface area contributed by atoms with Crippen LogP contribution in [0, 0.1) is 3.57 Å². The van der Waals surface area contributed by atoms with Crippen LogP contribution in [0.5, 0.6) is 11.5 Å². The molecular weight excluding hydrogens is 585 g/mol. The Labute approximate surface area is 220 Å². The highest BCUT2D eigenvalue weighted by atomic mass is 127. The van der Waals surface area contributed by atoms with E-state index >= 15 is 0 Å². The molecule has 1 aromatic carbocycles. The van der Waals surface area contributed by atoms with Gasteiger partial charge in [0.05, 0.1) is 6.33 Å². The van der Waals surface area contributed by atoms with E-state index in [0.717, 1.165) is 8.47 Å². The number of imidazole rings is 1. The summed E-state index contributed by atoms with van der Waals surface area (Å²) in [7, 11) is 0. The Kier molecular flexibility index (Phi) is 7.50. The molecule has 0 saturated heterocycles. The molecule has 12 heteroatoms. The van der Waals surface area contributed by atoms with Crippen molar-refractivity contribution in [3.8, 4) is 11.5 Å². The summed E-state index contributed by atoms with van der Waals surface area (Å²) < 4.78 is 19.5. The number of hydrogen-bond donors (Lipinski definition) is 1. The van der Waals surface area contributed by atoms with Crippen molar-refractivity contribution >= 4 is 51.6 Å². The maximum atomic E-state index is 12.7. The number of carbonyl (C=O) groups is 1. The van der Waals surface area contributed by atoms with E-state index in [1.807, 2.05) is 51.3 Å². The van der Waals surface area contributed by atoms with Gasteiger partial charge < -0.3 is 28.7 Å². The first-order valence-electron chi connectivity index (χ1n) is 11.2. The van der Waals surface area contributed by atoms with Gasteiger partial charge in [-0.1, -0.05) is 11.8 Å². The Balaban J connectivity index is 1.59. The van der Waals surface area contributed by atoms with Gasteiger partial charge in [-0.2, -0.15) is 0 Å². The van der Waals surface area contributed by atoms with Crippen LogP contribution in [0.3, 0.4) is 0 Å². The average molecular weight is 613 g/mol. The fourth-order valence-electron chi connectivity index (χ4n) is 3.56. The number of fused-ring (bicyclic) bond motifs is 2. The first kappa shape index (κ1) is 25.6. The molecule has 1 aliphatic heterocycles. The standard InChI is InChI=1S/C23H28IN5O5S/c1-13(2)28(22(31)34-23(3,4)5)7-6-8-29-19-18(20(30)26-11-25-19)27-21(29)35-17-10-16-15(9-14(17)24)32-12-33-16/h9-11,13H,6-8,12H2,1-5H3,(H,25,26,30). The van der Waals surface area contributed by atoms with Crippen LogP contribution in [-0.4, -0.2) is 55.5 Å². The molecule has 10 nitrogen and oxygen atoms in total. The topological polar surface area (TPSA) is 112 Å². The van der Waals surface area contributed by atoms with Gasteiger partial charge in [0.25, 0.3) is 5.56 Å². The van der Waals surface area contributed by atoms with Crippen LogP contribution >= 0.6 is 34.4 Å². The van der Waals surface area contributed by atoms with Crippen LogP contribution in [-0.2, 0) is 11.3 Å². The molecule has 0 saturated carbocycles. The van der Waals surface area contributed by atoms with E-state index in [1.165, 1.54) is 18.1 Å². The maximum Gasteiger partial charge on any atom is 0.410 e. The molecule has 3 aromatic rings. The number of ether oxygens (including phenoxy) is 3. The van der Waals surface area contributed by atoms with Crippen molar-refractivity contribution in [2.45, 2.75) is 69.3 Å². The van der Waals surface area contributed by atoms with Crippen LogP contribution in [0.15, 0.2) is 33.3 Å². The van der Waals surface area contributed by atoms with Crippen LogP contribution in [0.2, 0.25) is 0 Å². The summed E-state index contributed by atoms with van der Waals surface area (Å²) >= 11 is 3.68. The Hall–Kier alpha value is -2.48. The lowest BCUT2D eigenvalue weighted by atomic mass is 10.2. The molecule has 35 heavy (non-hydrogen) atoms. The SMILES string of the molecule is CC(C)N(CCCn1c(Sc2cc3c(cc2I)OCO3)nc2c(=O)[nH]cnc21)C(=O)OC(C)(C)C. The lowest BCUT2D eigenvalue weighted by Gasteiger charge is -2.30. The second kappa shape index (κ2) is 10.2. The minimum atomic E-state index is -0.568. The van der Waals surface area contributed by atoms with Gasteiger partial charge in [-0.3, -0.25) is 4.79 Å². The van der Waals surface area contributed by atoms with E-state index in [2.05, 4.69) is 37.5 Å². The zero-order chi connectivity index (χ0) is 25.3. The molecular formula is C23H28IN5O5S. The van der Waals surface area contributed by atoms with E-state index in [1.54, 1.807) is 4.90 Å². The van der Waals surface area contributed by atoms with Crippen molar-refractivity contribution in [2.24, 2.45) is 0 Å².